The molecule has 2 fully saturated rings. The van der Waals surface area contributed by atoms with Gasteiger partial charge in [-0.1, -0.05) is 19.8 Å². The summed E-state index contributed by atoms with van der Waals surface area (Å²) >= 11 is 0. The van der Waals surface area contributed by atoms with E-state index in [0.29, 0.717) is 0 Å². The lowest BCUT2D eigenvalue weighted by Crippen LogP contribution is -2.52. The molecule has 17 heavy (non-hydrogen) atoms. The van der Waals surface area contributed by atoms with Crippen LogP contribution in [0.2, 0.25) is 0 Å². The van der Waals surface area contributed by atoms with Gasteiger partial charge in [0.1, 0.15) is 0 Å². The zero-order valence-corrected chi connectivity index (χ0v) is 11.2. The number of likely N-dealkylation sites (N-methyl/N-ethyl adjacent to an activating group) is 1. The Bertz CT molecular complexity index is 220. The monoisotopic (exact) mass is 240 g/mol. The lowest BCUT2D eigenvalue weighted by Gasteiger charge is -2.45. The maximum absolute atomic E-state index is 9.39. The SMILES string of the molecule is CCNC(CO)CN1CCC[C@H]2CCCC[C@H]21. The summed E-state index contributed by atoms with van der Waals surface area (Å²) in [5.41, 5.74) is 0. The summed E-state index contributed by atoms with van der Waals surface area (Å²) in [7, 11) is 0. The highest BCUT2D eigenvalue weighted by molar-refractivity contribution is 4.89. The third-order valence-corrected chi connectivity index (χ3v) is 4.53. The molecule has 0 spiro atoms. The zero-order chi connectivity index (χ0) is 12.1. The number of hydrogen-bond donors (Lipinski definition) is 2. The minimum atomic E-state index is 0.265. The number of likely N-dealkylation sites (tertiary alicyclic amines) is 1. The molecule has 3 heteroatoms. The van der Waals surface area contributed by atoms with Crippen LogP contribution in [0.25, 0.3) is 0 Å². The van der Waals surface area contributed by atoms with E-state index in [0.717, 1.165) is 25.0 Å². The van der Waals surface area contributed by atoms with E-state index in [1.54, 1.807) is 0 Å². The minimum absolute atomic E-state index is 0.265. The van der Waals surface area contributed by atoms with Gasteiger partial charge < -0.3 is 10.4 Å². The molecule has 0 aromatic carbocycles. The van der Waals surface area contributed by atoms with Crippen LogP contribution in [0.4, 0.5) is 0 Å². The Morgan fingerprint density at radius 2 is 2.00 bits per heavy atom. The predicted molar refractivity (Wildman–Crippen MR) is 71.1 cm³/mol. The summed E-state index contributed by atoms with van der Waals surface area (Å²) in [6, 6.07) is 1.07. The fourth-order valence-electron chi connectivity index (χ4n) is 3.71. The summed E-state index contributed by atoms with van der Waals surface area (Å²) in [6.07, 6.45) is 8.45. The molecule has 1 saturated heterocycles. The van der Waals surface area contributed by atoms with Gasteiger partial charge in [-0.25, -0.2) is 0 Å². The molecule has 1 heterocycles. The van der Waals surface area contributed by atoms with E-state index in [-0.39, 0.29) is 12.6 Å². The summed E-state index contributed by atoms with van der Waals surface area (Å²) in [4.78, 5) is 2.65. The molecule has 3 atom stereocenters. The quantitative estimate of drug-likeness (QED) is 0.766. The Morgan fingerprint density at radius 3 is 2.76 bits per heavy atom. The molecule has 2 rings (SSSR count). The lowest BCUT2D eigenvalue weighted by atomic mass is 9.78. The van der Waals surface area contributed by atoms with E-state index in [2.05, 4.69) is 17.1 Å². The fourth-order valence-corrected chi connectivity index (χ4v) is 3.71. The summed E-state index contributed by atoms with van der Waals surface area (Å²) in [5.74, 6) is 0.943. The fraction of sp³-hybridized carbons (Fsp3) is 1.00. The lowest BCUT2D eigenvalue weighted by molar-refractivity contribution is 0.0462. The van der Waals surface area contributed by atoms with Crippen molar-refractivity contribution in [2.45, 2.75) is 57.5 Å². The number of nitrogens with one attached hydrogen (secondary N) is 1. The molecular weight excluding hydrogens is 212 g/mol. The molecule has 0 aromatic rings. The topological polar surface area (TPSA) is 35.5 Å². The Hall–Kier alpha value is -0.120. The first kappa shape index (κ1) is 13.3. The first-order valence-corrected chi connectivity index (χ1v) is 7.43. The van der Waals surface area contributed by atoms with E-state index in [4.69, 9.17) is 0 Å². The van der Waals surface area contributed by atoms with Crippen molar-refractivity contribution in [2.75, 3.05) is 26.2 Å². The Kier molecular flexibility index (Phi) is 5.26. The molecule has 0 amide bonds. The minimum Gasteiger partial charge on any atom is -0.395 e. The normalized spacial score (nSPS) is 32.1. The zero-order valence-electron chi connectivity index (χ0n) is 11.2. The average Bonchev–Trinajstić information content (AvgIpc) is 2.38. The van der Waals surface area contributed by atoms with Crippen molar-refractivity contribution in [3.05, 3.63) is 0 Å². The predicted octanol–water partition coefficient (Wildman–Crippen LogP) is 1.61. The molecule has 1 saturated carbocycles. The van der Waals surface area contributed by atoms with Crippen LogP contribution in [0, 0.1) is 5.92 Å². The van der Waals surface area contributed by atoms with Gasteiger partial charge in [-0.05, 0) is 44.7 Å². The molecule has 1 aliphatic heterocycles. The second-order valence-corrected chi connectivity index (χ2v) is 5.69. The second kappa shape index (κ2) is 6.72. The van der Waals surface area contributed by atoms with Crippen LogP contribution >= 0.6 is 0 Å². The molecule has 1 unspecified atom stereocenters. The van der Waals surface area contributed by atoms with E-state index in [9.17, 15) is 5.11 Å². The Labute approximate surface area is 106 Å². The molecular formula is C14H28N2O. The van der Waals surface area contributed by atoms with Crippen molar-refractivity contribution in [2.24, 2.45) is 5.92 Å². The highest BCUT2D eigenvalue weighted by atomic mass is 16.3. The first-order valence-electron chi connectivity index (χ1n) is 7.43. The molecule has 2 aliphatic rings. The number of fused-ring (bicyclic) bond motifs is 1. The maximum Gasteiger partial charge on any atom is 0.0597 e. The summed E-state index contributed by atoms with van der Waals surface area (Å²) < 4.78 is 0. The molecule has 3 nitrogen and oxygen atoms in total. The van der Waals surface area contributed by atoms with E-state index >= 15 is 0 Å². The van der Waals surface area contributed by atoms with Gasteiger partial charge in [0, 0.05) is 18.6 Å². The highest BCUT2D eigenvalue weighted by Crippen LogP contribution is 2.35. The smallest absolute Gasteiger partial charge is 0.0597 e. The van der Waals surface area contributed by atoms with Crippen molar-refractivity contribution in [1.82, 2.24) is 10.2 Å². The third kappa shape index (κ3) is 3.43. The highest BCUT2D eigenvalue weighted by Gasteiger charge is 2.33. The standard InChI is InChI=1S/C14H28N2O/c1-2-15-13(11-17)10-16-9-5-7-12-6-3-4-8-14(12)16/h12-15,17H,2-11H2,1H3/t12-,13?,14-/m1/s1. The van der Waals surface area contributed by atoms with Gasteiger partial charge in [0.05, 0.1) is 6.61 Å². The molecule has 2 N–H and O–H groups in total. The number of piperidine rings is 1. The van der Waals surface area contributed by atoms with Crippen molar-refractivity contribution in [3.63, 3.8) is 0 Å². The van der Waals surface area contributed by atoms with Crippen LogP contribution in [0.1, 0.15) is 45.4 Å². The van der Waals surface area contributed by atoms with Crippen LogP contribution in [-0.2, 0) is 0 Å². The van der Waals surface area contributed by atoms with Crippen LogP contribution in [0.5, 0.6) is 0 Å². The number of hydrogen-bond acceptors (Lipinski definition) is 3. The largest absolute Gasteiger partial charge is 0.395 e. The van der Waals surface area contributed by atoms with Crippen molar-refractivity contribution >= 4 is 0 Å². The third-order valence-electron chi connectivity index (χ3n) is 4.53. The Morgan fingerprint density at radius 1 is 1.24 bits per heavy atom. The van der Waals surface area contributed by atoms with E-state index in [1.165, 1.54) is 45.1 Å². The summed E-state index contributed by atoms with van der Waals surface area (Å²) in [6.45, 7) is 5.60. The van der Waals surface area contributed by atoms with E-state index in [1.807, 2.05) is 0 Å². The van der Waals surface area contributed by atoms with Gasteiger partial charge in [0.25, 0.3) is 0 Å². The van der Waals surface area contributed by atoms with Crippen molar-refractivity contribution in [3.8, 4) is 0 Å². The Balaban J connectivity index is 1.89. The van der Waals surface area contributed by atoms with Crippen LogP contribution < -0.4 is 5.32 Å². The second-order valence-electron chi connectivity index (χ2n) is 5.69. The van der Waals surface area contributed by atoms with Crippen LogP contribution in [0.15, 0.2) is 0 Å². The molecule has 0 aromatic heterocycles. The van der Waals surface area contributed by atoms with Crippen molar-refractivity contribution < 1.29 is 5.11 Å². The number of nitrogens with zero attached hydrogens (tertiary/aromatic N) is 1. The average molecular weight is 240 g/mol. The number of aliphatic hydroxyl groups excluding tert-OH is 1. The molecule has 100 valence electrons. The van der Waals surface area contributed by atoms with Gasteiger partial charge >= 0.3 is 0 Å². The summed E-state index contributed by atoms with van der Waals surface area (Å²) in [5, 5.41) is 12.8. The van der Waals surface area contributed by atoms with E-state index < -0.39 is 0 Å². The first-order chi connectivity index (χ1) is 8.35. The van der Waals surface area contributed by atoms with Crippen molar-refractivity contribution in [1.29, 1.82) is 0 Å². The molecule has 0 bridgehead atoms. The van der Waals surface area contributed by atoms with Crippen LogP contribution in [-0.4, -0.2) is 48.3 Å². The number of rotatable bonds is 5. The number of aliphatic hydroxyl groups is 1. The van der Waals surface area contributed by atoms with Gasteiger partial charge in [-0.2, -0.15) is 0 Å². The van der Waals surface area contributed by atoms with Crippen LogP contribution in [0.3, 0.4) is 0 Å². The molecule has 1 aliphatic carbocycles. The van der Waals surface area contributed by atoms with Gasteiger partial charge in [0.2, 0.25) is 0 Å². The van der Waals surface area contributed by atoms with Gasteiger partial charge in [0.15, 0.2) is 0 Å². The maximum atomic E-state index is 9.39. The van der Waals surface area contributed by atoms with Gasteiger partial charge in [-0.15, -0.1) is 0 Å². The van der Waals surface area contributed by atoms with Gasteiger partial charge in [-0.3, -0.25) is 4.90 Å². The molecule has 0 radical (unpaired) electrons.